The number of aryl methyl sites for hydroxylation is 1. The molecule has 260 valence electrons. The Morgan fingerprint density at radius 2 is 1.87 bits per heavy atom. The van der Waals surface area contributed by atoms with Gasteiger partial charge in [0.2, 0.25) is 0 Å². The zero-order valence-corrected chi connectivity index (χ0v) is 31.5. The molecule has 0 saturated carbocycles. The second-order valence-corrected chi connectivity index (χ2v) is 13.0. The summed E-state index contributed by atoms with van der Waals surface area (Å²) in [5, 5.41) is 0. The highest BCUT2D eigenvalue weighted by molar-refractivity contribution is 7.99. The van der Waals surface area contributed by atoms with Crippen LogP contribution in [0.2, 0.25) is 0 Å². The molecule has 1 aromatic carbocycles. The molecule has 1 aliphatic heterocycles. The van der Waals surface area contributed by atoms with Crippen LogP contribution in [0.1, 0.15) is 91.0 Å². The number of benzene rings is 1. The first kappa shape index (κ1) is 43.2. The lowest BCUT2D eigenvalue weighted by Crippen LogP contribution is -2.37. The first-order valence-corrected chi connectivity index (χ1v) is 17.4. The highest BCUT2D eigenvalue weighted by Gasteiger charge is 2.22. The number of hydrogen-bond donors (Lipinski definition) is 0. The fraction of sp³-hybridized carbons (Fsp3) is 0.622. The van der Waals surface area contributed by atoms with E-state index in [0.717, 1.165) is 48.4 Å². The van der Waals surface area contributed by atoms with Gasteiger partial charge in [-0.25, -0.2) is 4.98 Å². The molecule has 0 bridgehead atoms. The number of rotatable bonds is 12. The van der Waals surface area contributed by atoms with Crippen molar-refractivity contribution >= 4 is 23.0 Å². The zero-order valence-electron chi connectivity index (χ0n) is 30.7. The normalized spacial score (nSPS) is 14.3. The summed E-state index contributed by atoms with van der Waals surface area (Å²) in [6, 6.07) is 8.62. The van der Waals surface area contributed by atoms with E-state index < -0.39 is 0 Å². The number of methoxy groups -OCH3 is 2. The highest BCUT2D eigenvalue weighted by atomic mass is 32.2. The summed E-state index contributed by atoms with van der Waals surface area (Å²) < 4.78 is 27.3. The Hall–Kier alpha value is -2.77. The molecule has 1 saturated heterocycles. The number of aromatic nitrogens is 2. The third kappa shape index (κ3) is 18.4. The van der Waals surface area contributed by atoms with Crippen LogP contribution in [0, 0.1) is 19.0 Å². The van der Waals surface area contributed by atoms with Gasteiger partial charge < -0.3 is 28.6 Å². The molecule has 2 heterocycles. The van der Waals surface area contributed by atoms with Crippen LogP contribution in [0.5, 0.6) is 6.01 Å². The SMILES string of the molecule is C=C(c1ccnc(OCCCOC[C@H](C)OC)n1)c1cc(C)ccc1N(C)C1CCCCO1.CC.CC#COC.CSC(C)(C)C. The minimum atomic E-state index is 0.0754. The molecule has 0 N–H and O–H groups in total. The molecule has 46 heavy (non-hydrogen) atoms. The van der Waals surface area contributed by atoms with E-state index in [9.17, 15) is 0 Å². The predicted molar refractivity (Wildman–Crippen MR) is 196 cm³/mol. The third-order valence-corrected chi connectivity index (χ3v) is 7.85. The molecule has 1 aromatic heterocycles. The van der Waals surface area contributed by atoms with Crippen molar-refractivity contribution in [2.75, 3.05) is 58.9 Å². The Balaban J connectivity index is 0.00000132. The Morgan fingerprint density at radius 3 is 2.41 bits per heavy atom. The van der Waals surface area contributed by atoms with Crippen LogP contribution in [0.15, 0.2) is 37.0 Å². The van der Waals surface area contributed by atoms with Gasteiger partial charge in [-0.05, 0) is 57.6 Å². The van der Waals surface area contributed by atoms with Crippen LogP contribution in [-0.2, 0) is 18.9 Å². The van der Waals surface area contributed by atoms with Crippen molar-refractivity contribution in [2.24, 2.45) is 0 Å². The monoisotopic (exact) mass is 659 g/mol. The largest absolute Gasteiger partial charge is 0.463 e. The van der Waals surface area contributed by atoms with Crippen molar-refractivity contribution in [3.63, 3.8) is 0 Å². The lowest BCUT2D eigenvalue weighted by molar-refractivity contribution is 0.0151. The minimum absolute atomic E-state index is 0.0754. The summed E-state index contributed by atoms with van der Waals surface area (Å²) in [5.41, 5.74) is 4.87. The number of thioether (sulfide) groups is 1. The van der Waals surface area contributed by atoms with Gasteiger partial charge in [0.25, 0.3) is 0 Å². The van der Waals surface area contributed by atoms with Gasteiger partial charge in [0.15, 0.2) is 0 Å². The molecule has 1 fully saturated rings. The van der Waals surface area contributed by atoms with Crippen LogP contribution >= 0.6 is 11.8 Å². The molecule has 0 radical (unpaired) electrons. The van der Waals surface area contributed by atoms with E-state index in [-0.39, 0.29) is 12.3 Å². The van der Waals surface area contributed by atoms with E-state index in [1.165, 1.54) is 19.1 Å². The maximum absolute atomic E-state index is 6.01. The van der Waals surface area contributed by atoms with Crippen LogP contribution < -0.4 is 9.64 Å². The Labute approximate surface area is 285 Å². The summed E-state index contributed by atoms with van der Waals surface area (Å²) in [6.07, 6.45) is 10.4. The fourth-order valence-electron chi connectivity index (χ4n) is 3.84. The van der Waals surface area contributed by atoms with Gasteiger partial charge in [-0.3, -0.25) is 0 Å². The van der Waals surface area contributed by atoms with Crippen molar-refractivity contribution in [3.8, 4) is 18.0 Å². The quantitative estimate of drug-likeness (QED) is 0.165. The molecule has 1 aliphatic rings. The zero-order chi connectivity index (χ0) is 35.0. The molecule has 1 unspecified atom stereocenters. The van der Waals surface area contributed by atoms with Gasteiger partial charge in [-0.1, -0.05) is 58.7 Å². The second-order valence-electron chi connectivity index (χ2n) is 11.4. The maximum atomic E-state index is 6.01. The lowest BCUT2D eigenvalue weighted by atomic mass is 9.99. The summed E-state index contributed by atoms with van der Waals surface area (Å²) in [4.78, 5) is 11.1. The van der Waals surface area contributed by atoms with Gasteiger partial charge in [0, 0.05) is 68.5 Å². The van der Waals surface area contributed by atoms with Crippen molar-refractivity contribution in [1.82, 2.24) is 9.97 Å². The predicted octanol–water partition coefficient (Wildman–Crippen LogP) is 8.42. The van der Waals surface area contributed by atoms with Crippen LogP contribution in [-0.4, -0.2) is 81.0 Å². The molecule has 2 atom stereocenters. The van der Waals surface area contributed by atoms with Crippen molar-refractivity contribution < 1.29 is 23.7 Å². The van der Waals surface area contributed by atoms with Crippen molar-refractivity contribution in [1.29, 1.82) is 0 Å². The van der Waals surface area contributed by atoms with E-state index >= 15 is 0 Å². The summed E-state index contributed by atoms with van der Waals surface area (Å²) in [6.45, 7) is 23.2. The first-order chi connectivity index (χ1) is 22.0. The van der Waals surface area contributed by atoms with E-state index in [1.807, 2.05) is 38.6 Å². The molecule has 0 aliphatic carbocycles. The Bertz CT molecular complexity index is 1150. The first-order valence-electron chi connectivity index (χ1n) is 16.2. The molecule has 2 aromatic rings. The topological polar surface area (TPSA) is 75.2 Å². The highest BCUT2D eigenvalue weighted by Crippen LogP contribution is 2.33. The van der Waals surface area contributed by atoms with Gasteiger partial charge in [0.05, 0.1) is 32.1 Å². The van der Waals surface area contributed by atoms with E-state index in [2.05, 4.69) is 97.4 Å². The second kappa shape index (κ2) is 25.3. The van der Waals surface area contributed by atoms with Crippen molar-refractivity contribution in [3.05, 3.63) is 53.9 Å². The van der Waals surface area contributed by atoms with Crippen LogP contribution in [0.25, 0.3) is 5.57 Å². The summed E-state index contributed by atoms with van der Waals surface area (Å²) in [7, 11) is 5.30. The average Bonchev–Trinajstić information content (AvgIpc) is 3.07. The number of nitrogens with zero attached hydrogens (tertiary/aromatic N) is 3. The molecule has 3 rings (SSSR count). The van der Waals surface area contributed by atoms with E-state index in [4.69, 9.17) is 18.9 Å². The molecule has 0 spiro atoms. The molecular weight excluding hydrogens is 598 g/mol. The smallest absolute Gasteiger partial charge is 0.316 e. The Kier molecular flexibility index (Phi) is 23.8. The van der Waals surface area contributed by atoms with Gasteiger partial charge in [-0.2, -0.15) is 16.7 Å². The van der Waals surface area contributed by atoms with Crippen molar-refractivity contribution in [2.45, 2.75) is 98.2 Å². The Morgan fingerprint density at radius 1 is 1.17 bits per heavy atom. The maximum Gasteiger partial charge on any atom is 0.316 e. The average molecular weight is 660 g/mol. The third-order valence-electron chi connectivity index (χ3n) is 6.62. The van der Waals surface area contributed by atoms with E-state index in [1.54, 1.807) is 20.2 Å². The van der Waals surface area contributed by atoms with Gasteiger partial charge in [0.1, 0.15) is 12.3 Å². The van der Waals surface area contributed by atoms with Gasteiger partial charge in [-0.15, -0.1) is 0 Å². The molecular formula is C37H61N3O5S. The molecule has 8 nitrogen and oxygen atoms in total. The molecule has 0 amide bonds. The summed E-state index contributed by atoms with van der Waals surface area (Å²) in [5.74, 6) is 2.55. The summed E-state index contributed by atoms with van der Waals surface area (Å²) >= 11 is 1.88. The minimum Gasteiger partial charge on any atom is -0.463 e. The fourth-order valence-corrected chi connectivity index (χ4v) is 3.84. The van der Waals surface area contributed by atoms with E-state index in [0.29, 0.717) is 30.6 Å². The number of ether oxygens (including phenoxy) is 5. The van der Waals surface area contributed by atoms with Crippen LogP contribution in [0.3, 0.4) is 0 Å². The van der Waals surface area contributed by atoms with Gasteiger partial charge >= 0.3 is 6.01 Å². The lowest BCUT2D eigenvalue weighted by Gasteiger charge is -2.34. The standard InChI is InChI=1S/C26H37N3O4.C5H12S.C4H6O.C2H6/c1-19-10-11-24(29(4)25-9-6-7-15-32-25)22(17-19)21(3)23-12-13-27-26(28-23)33-16-8-14-31-18-20(2)30-5;1-5(2,3)6-4;1-3-4-5-2;1-2/h10-13,17,20,25H,3,6-9,14-16,18H2,1-2,4-5H3;1-4H3;1-2H3;1-2H3/t20-,25?;;;/m0.../s1. The number of anilines is 1. The molecule has 9 heteroatoms. The van der Waals surface area contributed by atoms with Crippen LogP contribution in [0.4, 0.5) is 5.69 Å². The number of hydrogen-bond acceptors (Lipinski definition) is 9.